The monoisotopic (exact) mass is 341 g/mol. The molecule has 4 rings (SSSR count). The van der Waals surface area contributed by atoms with Crippen molar-refractivity contribution in [3.05, 3.63) is 24.5 Å². The number of halogens is 2. The van der Waals surface area contributed by atoms with Crippen LogP contribution in [0.15, 0.2) is 24.5 Å². The average molecular weight is 342 g/mol. The second-order valence-corrected chi connectivity index (χ2v) is 5.27. The lowest BCUT2D eigenvalue weighted by Gasteiger charge is -2.17. The van der Waals surface area contributed by atoms with Crippen molar-refractivity contribution in [1.29, 1.82) is 0 Å². The van der Waals surface area contributed by atoms with Gasteiger partial charge < -0.3 is 20.7 Å². The van der Waals surface area contributed by atoms with Crippen LogP contribution in [0.1, 0.15) is 6.42 Å². The standard InChI is InChI=1S/C14H15N5O.2ClH/c15-8-3-4-19(6-8)14-12-10-5-9(20)1-2-11(10)18-13(12)16-7-17-14;;/h1-2,5,7-8,20H,3-4,6,15H2,(H,16,17,18);2*1H/t8-;;/m0../s1. The Hall–Kier alpha value is -1.76. The summed E-state index contributed by atoms with van der Waals surface area (Å²) in [5, 5.41) is 11.6. The molecule has 3 aromatic rings. The largest absolute Gasteiger partial charge is 0.508 e. The van der Waals surface area contributed by atoms with Crippen molar-refractivity contribution in [3.8, 4) is 5.75 Å². The molecule has 1 aromatic carbocycles. The van der Waals surface area contributed by atoms with Crippen molar-refractivity contribution in [2.24, 2.45) is 5.73 Å². The minimum Gasteiger partial charge on any atom is -0.508 e. The van der Waals surface area contributed by atoms with Crippen LogP contribution in [0.25, 0.3) is 21.9 Å². The molecule has 8 heteroatoms. The third-order valence-corrected chi connectivity index (χ3v) is 3.88. The van der Waals surface area contributed by atoms with Crippen LogP contribution in [0.4, 0.5) is 5.82 Å². The SMILES string of the molecule is Cl.Cl.N[C@H]1CCN(c2ncnc3[nH]c4ccc(O)cc4c23)C1. The Balaban J connectivity index is 0.000000882. The van der Waals surface area contributed by atoms with Gasteiger partial charge in [0.25, 0.3) is 0 Å². The number of aromatic amines is 1. The molecule has 0 spiro atoms. The Morgan fingerprint density at radius 2 is 2.09 bits per heavy atom. The Kier molecular flexibility index (Phi) is 4.65. The lowest BCUT2D eigenvalue weighted by molar-refractivity contribution is 0.476. The molecule has 118 valence electrons. The molecule has 0 amide bonds. The number of aromatic hydroxyl groups is 1. The first-order chi connectivity index (χ1) is 9.72. The second-order valence-electron chi connectivity index (χ2n) is 5.27. The molecule has 1 atom stereocenters. The fourth-order valence-corrected chi connectivity index (χ4v) is 2.91. The van der Waals surface area contributed by atoms with Crippen LogP contribution >= 0.6 is 24.8 Å². The van der Waals surface area contributed by atoms with Gasteiger partial charge in [0.2, 0.25) is 0 Å². The summed E-state index contributed by atoms with van der Waals surface area (Å²) in [6.45, 7) is 1.70. The quantitative estimate of drug-likeness (QED) is 0.631. The first-order valence-electron chi connectivity index (χ1n) is 6.68. The van der Waals surface area contributed by atoms with Gasteiger partial charge in [0.05, 0.1) is 5.39 Å². The number of benzene rings is 1. The van der Waals surface area contributed by atoms with Crippen LogP contribution in [0.2, 0.25) is 0 Å². The van der Waals surface area contributed by atoms with Crippen molar-refractivity contribution >= 4 is 52.6 Å². The predicted molar refractivity (Wildman–Crippen MR) is 92.4 cm³/mol. The first kappa shape index (κ1) is 16.6. The Morgan fingerprint density at radius 1 is 1.27 bits per heavy atom. The third kappa shape index (κ3) is 2.54. The molecule has 1 saturated heterocycles. The summed E-state index contributed by atoms with van der Waals surface area (Å²) < 4.78 is 0. The molecule has 22 heavy (non-hydrogen) atoms. The molecular weight excluding hydrogens is 325 g/mol. The smallest absolute Gasteiger partial charge is 0.143 e. The number of hydrogen-bond donors (Lipinski definition) is 3. The maximum Gasteiger partial charge on any atom is 0.143 e. The van der Waals surface area contributed by atoms with Gasteiger partial charge in [-0.25, -0.2) is 9.97 Å². The molecule has 2 aromatic heterocycles. The molecule has 0 saturated carbocycles. The number of H-pyrrole nitrogens is 1. The second kappa shape index (κ2) is 6.16. The van der Waals surface area contributed by atoms with Gasteiger partial charge in [-0.05, 0) is 24.6 Å². The van der Waals surface area contributed by atoms with E-state index in [1.165, 1.54) is 0 Å². The highest BCUT2D eigenvalue weighted by molar-refractivity contribution is 6.11. The summed E-state index contributed by atoms with van der Waals surface area (Å²) in [5.74, 6) is 1.13. The van der Waals surface area contributed by atoms with Crippen molar-refractivity contribution in [1.82, 2.24) is 15.0 Å². The van der Waals surface area contributed by atoms with Gasteiger partial charge in [0.15, 0.2) is 0 Å². The van der Waals surface area contributed by atoms with Crippen LogP contribution in [-0.4, -0.2) is 39.2 Å². The molecule has 1 aliphatic rings. The zero-order chi connectivity index (χ0) is 13.7. The maximum atomic E-state index is 9.72. The minimum atomic E-state index is 0. The van der Waals surface area contributed by atoms with Gasteiger partial charge in [-0.1, -0.05) is 0 Å². The van der Waals surface area contributed by atoms with Gasteiger partial charge in [0.1, 0.15) is 23.5 Å². The molecule has 0 radical (unpaired) electrons. The number of anilines is 1. The van der Waals surface area contributed by atoms with Crippen LogP contribution in [-0.2, 0) is 0 Å². The van der Waals surface area contributed by atoms with Gasteiger partial charge in [-0.2, -0.15) is 0 Å². The average Bonchev–Trinajstić information content (AvgIpc) is 3.02. The first-order valence-corrected chi connectivity index (χ1v) is 6.68. The number of phenols is 1. The molecule has 4 N–H and O–H groups in total. The molecule has 6 nitrogen and oxygen atoms in total. The minimum absolute atomic E-state index is 0. The number of phenolic OH excluding ortho intramolecular Hbond substituents is 1. The number of nitrogens with zero attached hydrogens (tertiary/aromatic N) is 3. The van der Waals surface area contributed by atoms with E-state index in [9.17, 15) is 5.11 Å². The summed E-state index contributed by atoms with van der Waals surface area (Å²) in [5.41, 5.74) is 7.72. The van der Waals surface area contributed by atoms with E-state index in [2.05, 4.69) is 19.9 Å². The molecule has 1 aliphatic heterocycles. The van der Waals surface area contributed by atoms with Crippen molar-refractivity contribution in [2.45, 2.75) is 12.5 Å². The van der Waals surface area contributed by atoms with E-state index in [4.69, 9.17) is 5.73 Å². The maximum absolute atomic E-state index is 9.72. The zero-order valence-electron chi connectivity index (χ0n) is 11.7. The predicted octanol–water partition coefficient (Wildman–Crippen LogP) is 2.20. The van der Waals surface area contributed by atoms with Crippen molar-refractivity contribution < 1.29 is 5.11 Å². The van der Waals surface area contributed by atoms with E-state index in [-0.39, 0.29) is 36.6 Å². The van der Waals surface area contributed by atoms with E-state index >= 15 is 0 Å². The van der Waals surface area contributed by atoms with Crippen LogP contribution in [0.5, 0.6) is 5.75 Å². The summed E-state index contributed by atoms with van der Waals surface area (Å²) in [4.78, 5) is 14.2. The fourth-order valence-electron chi connectivity index (χ4n) is 2.91. The van der Waals surface area contributed by atoms with Gasteiger partial charge in [0, 0.05) is 30.0 Å². The van der Waals surface area contributed by atoms with Gasteiger partial charge in [-0.3, -0.25) is 0 Å². The number of rotatable bonds is 1. The highest BCUT2D eigenvalue weighted by Crippen LogP contribution is 2.33. The van der Waals surface area contributed by atoms with Crippen molar-refractivity contribution in [3.63, 3.8) is 0 Å². The molecule has 1 fully saturated rings. The number of nitrogens with two attached hydrogens (primary N) is 1. The van der Waals surface area contributed by atoms with E-state index in [0.29, 0.717) is 0 Å². The summed E-state index contributed by atoms with van der Waals surface area (Å²) >= 11 is 0. The fraction of sp³-hybridized carbons (Fsp3) is 0.286. The summed E-state index contributed by atoms with van der Waals surface area (Å²) in [6, 6.07) is 5.46. The summed E-state index contributed by atoms with van der Waals surface area (Å²) in [6.07, 6.45) is 2.54. The number of hydrogen-bond acceptors (Lipinski definition) is 5. The van der Waals surface area contributed by atoms with E-state index in [1.54, 1.807) is 18.5 Å². The molecule has 0 unspecified atom stereocenters. The highest BCUT2D eigenvalue weighted by atomic mass is 35.5. The van der Waals surface area contributed by atoms with Crippen LogP contribution in [0, 0.1) is 0 Å². The lowest BCUT2D eigenvalue weighted by atomic mass is 10.2. The van der Waals surface area contributed by atoms with E-state index in [0.717, 1.165) is 47.3 Å². The Morgan fingerprint density at radius 3 is 2.82 bits per heavy atom. The highest BCUT2D eigenvalue weighted by Gasteiger charge is 2.23. The lowest BCUT2D eigenvalue weighted by Crippen LogP contribution is -2.27. The Bertz CT molecular complexity index is 806. The topological polar surface area (TPSA) is 91.1 Å². The van der Waals surface area contributed by atoms with E-state index < -0.39 is 0 Å². The molecule has 0 aliphatic carbocycles. The van der Waals surface area contributed by atoms with Crippen LogP contribution in [0.3, 0.4) is 0 Å². The Labute approximate surface area is 139 Å². The number of fused-ring (bicyclic) bond motifs is 3. The zero-order valence-corrected chi connectivity index (χ0v) is 13.3. The number of aromatic nitrogens is 3. The van der Waals surface area contributed by atoms with E-state index in [1.807, 2.05) is 6.07 Å². The molecule has 0 bridgehead atoms. The van der Waals surface area contributed by atoms with Crippen molar-refractivity contribution in [2.75, 3.05) is 18.0 Å². The molecule has 3 heterocycles. The van der Waals surface area contributed by atoms with Gasteiger partial charge in [-0.15, -0.1) is 24.8 Å². The van der Waals surface area contributed by atoms with Crippen LogP contribution < -0.4 is 10.6 Å². The third-order valence-electron chi connectivity index (χ3n) is 3.88. The normalized spacial score (nSPS) is 17.5. The summed E-state index contributed by atoms with van der Waals surface area (Å²) in [7, 11) is 0. The van der Waals surface area contributed by atoms with Gasteiger partial charge >= 0.3 is 0 Å². The molecular formula is C14H17Cl2N5O. The number of nitrogens with one attached hydrogen (secondary N) is 1.